The number of imidazole rings is 1. The molecule has 0 bridgehead atoms. The largest absolute Gasteiger partial charge is 0.465 e. The van der Waals surface area contributed by atoms with Crippen molar-refractivity contribution in [3.8, 4) is 0 Å². The molecule has 4 rings (SSSR count). The molecular weight excluding hydrogens is 542 g/mol. The minimum absolute atomic E-state index is 0.0766. The van der Waals surface area contributed by atoms with Crippen LogP contribution in [-0.4, -0.2) is 73.4 Å². The molecule has 0 spiro atoms. The lowest BCUT2D eigenvalue weighted by Gasteiger charge is -2.44. The Balaban J connectivity index is 1.44. The number of hydrogen-bond acceptors (Lipinski definition) is 4. The van der Waals surface area contributed by atoms with E-state index in [1.807, 2.05) is 51.1 Å². The van der Waals surface area contributed by atoms with E-state index < -0.39 is 11.6 Å². The number of halogens is 1. The van der Waals surface area contributed by atoms with Crippen molar-refractivity contribution in [3.63, 3.8) is 0 Å². The summed E-state index contributed by atoms with van der Waals surface area (Å²) in [6.45, 7) is 9.16. The van der Waals surface area contributed by atoms with Gasteiger partial charge in [-0.15, -0.1) is 0 Å². The fraction of sp³-hybridized carbons (Fsp3) is 0.484. The third-order valence-corrected chi connectivity index (χ3v) is 7.89. The van der Waals surface area contributed by atoms with Crippen molar-refractivity contribution in [2.45, 2.75) is 77.3 Å². The van der Waals surface area contributed by atoms with Crippen molar-refractivity contribution >= 4 is 35.2 Å². The Bertz CT molecular complexity index is 1380. The highest BCUT2D eigenvalue weighted by molar-refractivity contribution is 6.30. The lowest BCUT2D eigenvalue weighted by Crippen LogP contribution is -2.57. The summed E-state index contributed by atoms with van der Waals surface area (Å²) >= 11 is 6.05. The molecule has 1 aromatic carbocycles. The van der Waals surface area contributed by atoms with E-state index in [9.17, 15) is 19.5 Å². The van der Waals surface area contributed by atoms with E-state index in [0.717, 1.165) is 31.2 Å². The van der Waals surface area contributed by atoms with E-state index in [1.54, 1.807) is 27.6 Å². The molecule has 1 saturated heterocycles. The minimum Gasteiger partial charge on any atom is -0.465 e. The number of benzene rings is 1. The molecule has 2 aromatic heterocycles. The number of carboxylic acid groups (broad SMARTS) is 1. The van der Waals surface area contributed by atoms with E-state index >= 15 is 0 Å². The lowest BCUT2D eigenvalue weighted by molar-refractivity contribution is -0.133. The first-order valence-corrected chi connectivity index (χ1v) is 14.7. The molecule has 1 fully saturated rings. The third-order valence-electron chi connectivity index (χ3n) is 7.64. The number of hydrogen-bond donors (Lipinski definition) is 2. The number of nitrogens with one attached hydrogen (secondary N) is 1. The molecule has 3 amide bonds. The topological polar surface area (TPSA) is 107 Å². The number of carbonyl (C=O) groups excluding carboxylic acids is 2. The van der Waals surface area contributed by atoms with Crippen molar-refractivity contribution in [2.24, 2.45) is 0 Å². The molecule has 41 heavy (non-hydrogen) atoms. The average Bonchev–Trinajstić information content (AvgIpc) is 3.33. The summed E-state index contributed by atoms with van der Waals surface area (Å²) in [5.41, 5.74) is 2.16. The summed E-state index contributed by atoms with van der Waals surface area (Å²) in [7, 11) is 0. The molecule has 2 atom stereocenters. The molecule has 0 saturated carbocycles. The number of aromatic nitrogens is 2. The lowest BCUT2D eigenvalue weighted by atomic mass is 9.94. The number of amides is 3. The van der Waals surface area contributed by atoms with Gasteiger partial charge in [0.05, 0.1) is 18.2 Å². The molecule has 1 aliphatic heterocycles. The first-order chi connectivity index (χ1) is 19.5. The number of piperidine rings is 1. The Morgan fingerprint density at radius 1 is 1.17 bits per heavy atom. The second-order valence-corrected chi connectivity index (χ2v) is 12.2. The Morgan fingerprint density at radius 3 is 2.56 bits per heavy atom. The van der Waals surface area contributed by atoms with Gasteiger partial charge in [-0.2, -0.15) is 0 Å². The van der Waals surface area contributed by atoms with Crippen LogP contribution in [0.15, 0.2) is 48.7 Å². The van der Waals surface area contributed by atoms with Crippen molar-refractivity contribution in [1.29, 1.82) is 0 Å². The summed E-state index contributed by atoms with van der Waals surface area (Å²) in [6, 6.07) is 12.8. The molecule has 2 N–H and O–H groups in total. The van der Waals surface area contributed by atoms with Gasteiger partial charge in [0.15, 0.2) is 0 Å². The highest BCUT2D eigenvalue weighted by Crippen LogP contribution is 2.25. The van der Waals surface area contributed by atoms with Gasteiger partial charge in [0.1, 0.15) is 11.3 Å². The first kappa shape index (κ1) is 30.4. The normalized spacial score (nSPS) is 16.4. The molecule has 0 radical (unpaired) electrons. The average molecular weight is 582 g/mol. The van der Waals surface area contributed by atoms with Crippen LogP contribution in [0.25, 0.3) is 5.65 Å². The van der Waals surface area contributed by atoms with Crippen LogP contribution in [0.1, 0.15) is 81.0 Å². The van der Waals surface area contributed by atoms with E-state index in [4.69, 9.17) is 11.6 Å². The van der Waals surface area contributed by atoms with Crippen molar-refractivity contribution < 1.29 is 19.5 Å². The van der Waals surface area contributed by atoms with Crippen LogP contribution in [0.5, 0.6) is 0 Å². The van der Waals surface area contributed by atoms with Crippen molar-refractivity contribution in [1.82, 2.24) is 24.5 Å². The van der Waals surface area contributed by atoms with Gasteiger partial charge in [-0.05, 0) is 69.9 Å². The van der Waals surface area contributed by atoms with Gasteiger partial charge in [-0.3, -0.25) is 18.9 Å². The Hall–Kier alpha value is -3.59. The van der Waals surface area contributed by atoms with Crippen molar-refractivity contribution in [3.05, 3.63) is 70.6 Å². The predicted octanol–water partition coefficient (Wildman–Crippen LogP) is 5.61. The van der Waals surface area contributed by atoms with Gasteiger partial charge in [0.2, 0.25) is 5.91 Å². The quantitative estimate of drug-likeness (QED) is 0.341. The summed E-state index contributed by atoms with van der Waals surface area (Å²) in [4.78, 5) is 46.3. The summed E-state index contributed by atoms with van der Waals surface area (Å²) in [5, 5.41) is 13.6. The second-order valence-electron chi connectivity index (χ2n) is 11.8. The zero-order valence-electron chi connectivity index (χ0n) is 24.3. The summed E-state index contributed by atoms with van der Waals surface area (Å²) in [5.74, 6) is -0.149. The van der Waals surface area contributed by atoms with Gasteiger partial charge in [0.25, 0.3) is 5.91 Å². The Morgan fingerprint density at radius 2 is 1.90 bits per heavy atom. The van der Waals surface area contributed by atoms with Gasteiger partial charge in [-0.1, -0.05) is 43.1 Å². The van der Waals surface area contributed by atoms with Crippen LogP contribution in [0.3, 0.4) is 0 Å². The molecule has 0 aliphatic carbocycles. The van der Waals surface area contributed by atoms with Gasteiger partial charge in [0, 0.05) is 42.3 Å². The van der Waals surface area contributed by atoms with E-state index in [0.29, 0.717) is 41.7 Å². The maximum atomic E-state index is 13.3. The number of likely N-dealkylation sites (tertiary alicyclic amines) is 1. The molecule has 1 unspecified atom stereocenters. The molecule has 9 nitrogen and oxygen atoms in total. The highest BCUT2D eigenvalue weighted by atomic mass is 35.5. The fourth-order valence-electron chi connectivity index (χ4n) is 5.76. The van der Waals surface area contributed by atoms with E-state index in [1.165, 1.54) is 4.90 Å². The Kier molecular flexibility index (Phi) is 9.58. The standard InChI is InChI=1S/C31H40ClN5O4/c1-5-8-22(21-12-14-23(32)15-13-21)18-33-29(39)26-10-6-11-27-34-24(19-36(26)27)17-28(38)35-16-7-9-25(20-35)37(30(40)41)31(2,3)4/h6,10-15,19,22,25H,5,7-9,16-18,20H2,1-4H3,(H,33,39)(H,40,41)/t22?,25-/m1/s1. The monoisotopic (exact) mass is 581 g/mol. The predicted molar refractivity (Wildman–Crippen MR) is 160 cm³/mol. The maximum Gasteiger partial charge on any atom is 0.408 e. The van der Waals surface area contributed by atoms with Gasteiger partial charge in [-0.25, -0.2) is 9.78 Å². The SMILES string of the molecule is CCCC(CNC(=O)c1cccc2nc(CC(=O)N3CCC[C@@H](N(C(=O)O)C(C)(C)C)C3)cn12)c1ccc(Cl)cc1. The number of rotatable bonds is 9. The second kappa shape index (κ2) is 12.9. The van der Waals surface area contributed by atoms with Crippen LogP contribution in [0.4, 0.5) is 4.79 Å². The molecule has 3 heterocycles. The number of carbonyl (C=O) groups is 3. The zero-order chi connectivity index (χ0) is 29.7. The smallest absolute Gasteiger partial charge is 0.408 e. The van der Waals surface area contributed by atoms with E-state index in [-0.39, 0.29) is 30.2 Å². The van der Waals surface area contributed by atoms with Crippen LogP contribution in [0, 0.1) is 0 Å². The number of fused-ring (bicyclic) bond motifs is 1. The Labute approximate surface area is 246 Å². The van der Waals surface area contributed by atoms with Crippen LogP contribution >= 0.6 is 11.6 Å². The molecule has 1 aliphatic rings. The molecule has 220 valence electrons. The fourth-order valence-corrected chi connectivity index (χ4v) is 5.88. The summed E-state index contributed by atoms with van der Waals surface area (Å²) < 4.78 is 1.72. The third kappa shape index (κ3) is 7.38. The molecule has 3 aromatic rings. The zero-order valence-corrected chi connectivity index (χ0v) is 25.0. The highest BCUT2D eigenvalue weighted by Gasteiger charge is 2.36. The number of pyridine rings is 1. The van der Waals surface area contributed by atoms with Crippen LogP contribution in [0.2, 0.25) is 5.02 Å². The molecular formula is C31H40ClN5O4. The molecule has 10 heteroatoms. The number of nitrogens with zero attached hydrogens (tertiary/aromatic N) is 4. The maximum absolute atomic E-state index is 13.3. The van der Waals surface area contributed by atoms with Gasteiger partial charge >= 0.3 is 6.09 Å². The van der Waals surface area contributed by atoms with Crippen LogP contribution < -0.4 is 5.32 Å². The van der Waals surface area contributed by atoms with Gasteiger partial charge < -0.3 is 15.3 Å². The first-order valence-electron chi connectivity index (χ1n) is 14.3. The summed E-state index contributed by atoms with van der Waals surface area (Å²) in [6.07, 6.45) is 4.22. The van der Waals surface area contributed by atoms with Crippen LogP contribution in [-0.2, 0) is 11.2 Å². The van der Waals surface area contributed by atoms with Crippen molar-refractivity contribution in [2.75, 3.05) is 19.6 Å². The minimum atomic E-state index is -0.975. The van der Waals surface area contributed by atoms with E-state index in [2.05, 4.69) is 17.2 Å².